The van der Waals surface area contributed by atoms with E-state index in [-0.39, 0.29) is 5.56 Å². The fourth-order valence-corrected chi connectivity index (χ4v) is 3.28. The smallest absolute Gasteiger partial charge is 0.337 e. The van der Waals surface area contributed by atoms with Crippen LogP contribution < -0.4 is 0 Å². The van der Waals surface area contributed by atoms with Gasteiger partial charge in [-0.25, -0.2) is 4.79 Å². The zero-order chi connectivity index (χ0) is 16.1. The van der Waals surface area contributed by atoms with E-state index in [1.165, 1.54) is 74.7 Å². The maximum Gasteiger partial charge on any atom is 0.337 e. The van der Waals surface area contributed by atoms with Gasteiger partial charge < -0.3 is 5.11 Å². The monoisotopic (exact) mass is 310 g/mol. The van der Waals surface area contributed by atoms with Gasteiger partial charge in [0.2, 0.25) is 0 Å². The first-order valence-corrected chi connectivity index (χ1v) is 8.35. The second kappa shape index (κ2) is 7.36. The van der Waals surface area contributed by atoms with Gasteiger partial charge in [-0.3, -0.25) is 9.98 Å². The zero-order valence-electron chi connectivity index (χ0n) is 13.2. The SMILES string of the molecule is C1=C2C=C3CCCCC3N=C2CCC1.O=C(O)c1cccnc1. The van der Waals surface area contributed by atoms with Crippen LogP contribution in [-0.2, 0) is 0 Å². The average molecular weight is 310 g/mol. The minimum absolute atomic E-state index is 0.220. The summed E-state index contributed by atoms with van der Waals surface area (Å²) < 4.78 is 0. The molecule has 0 amide bonds. The summed E-state index contributed by atoms with van der Waals surface area (Å²) in [4.78, 5) is 18.7. The quantitative estimate of drug-likeness (QED) is 0.845. The summed E-state index contributed by atoms with van der Waals surface area (Å²) in [6, 6.07) is 3.65. The lowest BCUT2D eigenvalue weighted by atomic mass is 9.83. The Morgan fingerprint density at radius 2 is 2.13 bits per heavy atom. The molecule has 4 rings (SSSR count). The number of fused-ring (bicyclic) bond motifs is 2. The number of dihydropyridines is 1. The maximum atomic E-state index is 10.2. The van der Waals surface area contributed by atoms with Crippen LogP contribution in [0.5, 0.6) is 0 Å². The first kappa shape index (κ1) is 15.7. The standard InChI is InChI=1S/C13H17N.C6H5NO2/c1-3-7-12-10(5-1)9-11-6-2-4-8-13(11)14-12;8-6(9)5-2-1-3-7-4-5/h5,9,13H,1-4,6-8H2;1-4H,(H,8,9). The third kappa shape index (κ3) is 3.95. The number of carboxylic acid groups (broad SMARTS) is 1. The molecule has 120 valence electrons. The molecular weight excluding hydrogens is 288 g/mol. The van der Waals surface area contributed by atoms with Crippen molar-refractivity contribution in [3.05, 3.63) is 53.4 Å². The van der Waals surface area contributed by atoms with Crippen LogP contribution in [0.2, 0.25) is 0 Å². The van der Waals surface area contributed by atoms with Gasteiger partial charge in [-0.1, -0.05) is 18.6 Å². The fourth-order valence-electron chi connectivity index (χ4n) is 3.28. The van der Waals surface area contributed by atoms with Gasteiger partial charge >= 0.3 is 5.97 Å². The Hall–Kier alpha value is -2.23. The molecule has 4 nitrogen and oxygen atoms in total. The van der Waals surface area contributed by atoms with Crippen LogP contribution in [-0.4, -0.2) is 27.8 Å². The molecular formula is C19H22N2O2. The Bertz CT molecular complexity index is 659. The number of aliphatic imine (C=N–C) groups is 1. The third-order valence-corrected chi connectivity index (χ3v) is 4.50. The minimum atomic E-state index is -0.942. The van der Waals surface area contributed by atoms with E-state index in [0.717, 1.165) is 0 Å². The Morgan fingerprint density at radius 3 is 2.87 bits per heavy atom. The van der Waals surface area contributed by atoms with Crippen molar-refractivity contribution in [2.45, 2.75) is 51.0 Å². The molecule has 23 heavy (non-hydrogen) atoms. The molecule has 1 aromatic heterocycles. The van der Waals surface area contributed by atoms with E-state index in [2.05, 4.69) is 17.1 Å². The lowest BCUT2D eigenvalue weighted by Crippen LogP contribution is -2.22. The Balaban J connectivity index is 0.000000151. The molecule has 1 unspecified atom stereocenters. The number of pyridine rings is 1. The van der Waals surface area contributed by atoms with Crippen LogP contribution >= 0.6 is 0 Å². The van der Waals surface area contributed by atoms with Crippen molar-refractivity contribution in [3.63, 3.8) is 0 Å². The molecule has 0 aromatic carbocycles. The van der Waals surface area contributed by atoms with Gasteiger partial charge in [0.05, 0.1) is 11.6 Å². The number of aromatic nitrogens is 1. The number of allylic oxidation sites excluding steroid dienone is 3. The summed E-state index contributed by atoms with van der Waals surface area (Å²) >= 11 is 0. The van der Waals surface area contributed by atoms with E-state index in [1.54, 1.807) is 11.6 Å². The highest BCUT2D eigenvalue weighted by atomic mass is 16.4. The van der Waals surface area contributed by atoms with Crippen molar-refractivity contribution < 1.29 is 9.90 Å². The van der Waals surface area contributed by atoms with Gasteiger partial charge in [-0.05, 0) is 61.8 Å². The largest absolute Gasteiger partial charge is 0.478 e. The number of hydrogen-bond donors (Lipinski definition) is 1. The van der Waals surface area contributed by atoms with Crippen molar-refractivity contribution in [1.29, 1.82) is 0 Å². The van der Waals surface area contributed by atoms with Gasteiger partial charge in [0, 0.05) is 18.1 Å². The normalized spacial score (nSPS) is 22.3. The Kier molecular flexibility index (Phi) is 5.01. The number of rotatable bonds is 1. The number of nitrogens with zero attached hydrogens (tertiary/aromatic N) is 2. The van der Waals surface area contributed by atoms with Crippen LogP contribution in [0.15, 0.2) is 52.8 Å². The average Bonchev–Trinajstić information content (AvgIpc) is 2.61. The van der Waals surface area contributed by atoms with Gasteiger partial charge in [0.25, 0.3) is 0 Å². The summed E-state index contributed by atoms with van der Waals surface area (Å²) in [5.74, 6) is -0.942. The first-order valence-electron chi connectivity index (χ1n) is 8.35. The van der Waals surface area contributed by atoms with Crippen molar-refractivity contribution >= 4 is 11.7 Å². The Labute approximate surface area is 136 Å². The van der Waals surface area contributed by atoms with Crippen LogP contribution in [0.3, 0.4) is 0 Å². The molecule has 2 aliphatic carbocycles. The van der Waals surface area contributed by atoms with E-state index in [9.17, 15) is 4.79 Å². The van der Waals surface area contributed by atoms with Crippen LogP contribution in [0.4, 0.5) is 0 Å². The molecule has 1 aromatic rings. The summed E-state index contributed by atoms with van der Waals surface area (Å²) in [6.07, 6.45) is 16.8. The highest BCUT2D eigenvalue weighted by Gasteiger charge is 2.24. The molecule has 1 atom stereocenters. The summed E-state index contributed by atoms with van der Waals surface area (Å²) in [5.41, 5.74) is 4.67. The fraction of sp³-hybridized carbons (Fsp3) is 0.421. The highest BCUT2D eigenvalue weighted by Crippen LogP contribution is 2.33. The van der Waals surface area contributed by atoms with Gasteiger partial charge in [0.15, 0.2) is 0 Å². The minimum Gasteiger partial charge on any atom is -0.478 e. The van der Waals surface area contributed by atoms with E-state index in [1.807, 2.05) is 0 Å². The topological polar surface area (TPSA) is 62.5 Å². The van der Waals surface area contributed by atoms with Crippen molar-refractivity contribution in [1.82, 2.24) is 4.98 Å². The number of carbonyl (C=O) groups is 1. The zero-order valence-corrected chi connectivity index (χ0v) is 13.2. The van der Waals surface area contributed by atoms with Crippen LogP contribution in [0, 0.1) is 0 Å². The molecule has 0 radical (unpaired) electrons. The number of carboxylic acids is 1. The van der Waals surface area contributed by atoms with Gasteiger partial charge in [-0.2, -0.15) is 0 Å². The molecule has 0 bridgehead atoms. The molecule has 1 aliphatic heterocycles. The molecule has 1 fully saturated rings. The Morgan fingerprint density at radius 1 is 1.22 bits per heavy atom. The van der Waals surface area contributed by atoms with E-state index in [0.29, 0.717) is 6.04 Å². The molecule has 2 heterocycles. The lowest BCUT2D eigenvalue weighted by molar-refractivity contribution is 0.0696. The third-order valence-electron chi connectivity index (χ3n) is 4.50. The van der Waals surface area contributed by atoms with Crippen LogP contribution in [0.1, 0.15) is 55.3 Å². The summed E-state index contributed by atoms with van der Waals surface area (Å²) in [5, 5.41) is 8.34. The molecule has 3 aliphatic rings. The molecule has 1 saturated carbocycles. The molecule has 0 saturated heterocycles. The van der Waals surface area contributed by atoms with Gasteiger partial charge in [0.1, 0.15) is 0 Å². The number of hydrogen-bond acceptors (Lipinski definition) is 3. The van der Waals surface area contributed by atoms with E-state index < -0.39 is 5.97 Å². The van der Waals surface area contributed by atoms with Crippen molar-refractivity contribution in [3.8, 4) is 0 Å². The maximum absolute atomic E-state index is 10.2. The van der Waals surface area contributed by atoms with Gasteiger partial charge in [-0.15, -0.1) is 0 Å². The predicted molar refractivity (Wildman–Crippen MR) is 90.9 cm³/mol. The molecule has 0 spiro atoms. The summed E-state index contributed by atoms with van der Waals surface area (Å²) in [7, 11) is 0. The second-order valence-electron chi connectivity index (χ2n) is 6.16. The molecule has 4 heteroatoms. The second-order valence-corrected chi connectivity index (χ2v) is 6.16. The lowest BCUT2D eigenvalue weighted by Gasteiger charge is -2.29. The van der Waals surface area contributed by atoms with E-state index in [4.69, 9.17) is 10.1 Å². The van der Waals surface area contributed by atoms with Crippen molar-refractivity contribution in [2.24, 2.45) is 4.99 Å². The number of aromatic carboxylic acids is 1. The summed E-state index contributed by atoms with van der Waals surface area (Å²) in [6.45, 7) is 0. The van der Waals surface area contributed by atoms with Crippen LogP contribution in [0.25, 0.3) is 0 Å². The van der Waals surface area contributed by atoms with E-state index >= 15 is 0 Å². The van der Waals surface area contributed by atoms with Crippen molar-refractivity contribution in [2.75, 3.05) is 0 Å². The highest BCUT2D eigenvalue weighted by molar-refractivity contribution is 6.04. The first-order chi connectivity index (χ1) is 11.2. The predicted octanol–water partition coefficient (Wildman–Crippen LogP) is 4.20. The molecule has 1 N–H and O–H groups in total.